The summed E-state index contributed by atoms with van der Waals surface area (Å²) in [5.41, 5.74) is 1.56. The average Bonchev–Trinajstić information content (AvgIpc) is 2.80. The van der Waals surface area contributed by atoms with Crippen LogP contribution in [-0.4, -0.2) is 28.0 Å². The van der Waals surface area contributed by atoms with Crippen LogP contribution in [0.4, 0.5) is 11.4 Å². The lowest BCUT2D eigenvalue weighted by Gasteiger charge is -2.12. The smallest absolute Gasteiger partial charge is 0.261 e. The van der Waals surface area contributed by atoms with Crippen molar-refractivity contribution in [1.82, 2.24) is 0 Å². The van der Waals surface area contributed by atoms with Crippen molar-refractivity contribution in [2.24, 2.45) is 0 Å². The maximum Gasteiger partial charge on any atom is 0.261 e. The van der Waals surface area contributed by atoms with Gasteiger partial charge in [-0.25, -0.2) is 8.42 Å². The van der Waals surface area contributed by atoms with Crippen molar-refractivity contribution < 1.29 is 22.7 Å². The third kappa shape index (κ3) is 6.87. The summed E-state index contributed by atoms with van der Waals surface area (Å²) in [5, 5.41) is 3.23. The Morgan fingerprint density at radius 1 is 0.970 bits per heavy atom. The number of benzene rings is 3. The summed E-state index contributed by atoms with van der Waals surface area (Å²) in [6.45, 7) is 2.13. The van der Waals surface area contributed by atoms with Crippen LogP contribution in [0.15, 0.2) is 71.6 Å². The minimum atomic E-state index is -3.79. The topological polar surface area (TPSA) is 93.7 Å². The summed E-state index contributed by atoms with van der Waals surface area (Å²) in [6, 6.07) is 18.2. The van der Waals surface area contributed by atoms with Crippen LogP contribution in [0.3, 0.4) is 0 Å². The lowest BCUT2D eigenvalue weighted by molar-refractivity contribution is -0.116. The Morgan fingerprint density at radius 3 is 2.30 bits per heavy atom. The van der Waals surface area contributed by atoms with E-state index in [-0.39, 0.29) is 17.2 Å². The first-order chi connectivity index (χ1) is 15.8. The Morgan fingerprint density at radius 2 is 1.64 bits per heavy atom. The molecule has 0 fully saturated rings. The molecule has 0 atom stereocenters. The van der Waals surface area contributed by atoms with E-state index in [4.69, 9.17) is 21.1 Å². The Balaban J connectivity index is 1.49. The molecule has 3 aromatic carbocycles. The van der Waals surface area contributed by atoms with Gasteiger partial charge in [0.1, 0.15) is 11.5 Å². The number of sulfonamides is 1. The molecule has 0 aliphatic carbocycles. The number of ether oxygens (including phenoxy) is 2. The number of halogens is 1. The van der Waals surface area contributed by atoms with Gasteiger partial charge in [-0.3, -0.25) is 9.52 Å². The molecule has 33 heavy (non-hydrogen) atoms. The predicted octanol–water partition coefficient (Wildman–Crippen LogP) is 5.26. The molecule has 0 aliphatic rings. The monoisotopic (exact) mass is 488 g/mol. The highest BCUT2D eigenvalue weighted by atomic mass is 35.5. The van der Waals surface area contributed by atoms with E-state index < -0.39 is 10.0 Å². The largest absolute Gasteiger partial charge is 0.497 e. The number of hydrogen-bond donors (Lipinski definition) is 2. The van der Waals surface area contributed by atoms with E-state index in [0.29, 0.717) is 40.7 Å². The van der Waals surface area contributed by atoms with Gasteiger partial charge in [-0.1, -0.05) is 17.7 Å². The molecule has 3 aromatic rings. The van der Waals surface area contributed by atoms with Crippen LogP contribution in [0, 0.1) is 6.92 Å². The number of methoxy groups -OCH3 is 1. The first-order valence-corrected chi connectivity index (χ1v) is 12.1. The van der Waals surface area contributed by atoms with Gasteiger partial charge in [0.2, 0.25) is 5.91 Å². The second kappa shape index (κ2) is 11.1. The third-order valence-electron chi connectivity index (χ3n) is 4.84. The predicted molar refractivity (Wildman–Crippen MR) is 130 cm³/mol. The van der Waals surface area contributed by atoms with Gasteiger partial charge >= 0.3 is 0 Å². The van der Waals surface area contributed by atoms with Gasteiger partial charge in [0.25, 0.3) is 10.0 Å². The highest BCUT2D eigenvalue weighted by Crippen LogP contribution is 2.26. The van der Waals surface area contributed by atoms with Crippen LogP contribution < -0.4 is 19.5 Å². The number of carbonyl (C=O) groups excluding carboxylic acids is 1. The maximum atomic E-state index is 12.7. The van der Waals surface area contributed by atoms with E-state index in [1.165, 1.54) is 12.1 Å². The first kappa shape index (κ1) is 24.4. The molecule has 0 saturated heterocycles. The summed E-state index contributed by atoms with van der Waals surface area (Å²) in [4.78, 5) is 12.3. The minimum absolute atomic E-state index is 0.0766. The van der Waals surface area contributed by atoms with Crippen molar-refractivity contribution in [3.8, 4) is 11.5 Å². The van der Waals surface area contributed by atoms with Crippen molar-refractivity contribution in [2.75, 3.05) is 23.8 Å². The molecule has 2 N–H and O–H groups in total. The number of carbonyl (C=O) groups is 1. The van der Waals surface area contributed by atoms with Gasteiger partial charge in [-0.15, -0.1) is 0 Å². The maximum absolute atomic E-state index is 12.7. The molecule has 1 amide bonds. The molecule has 0 spiro atoms. The van der Waals surface area contributed by atoms with Gasteiger partial charge in [-0.2, -0.15) is 0 Å². The summed E-state index contributed by atoms with van der Waals surface area (Å²) in [7, 11) is -2.20. The zero-order valence-corrected chi connectivity index (χ0v) is 19.9. The number of nitrogens with one attached hydrogen (secondary N) is 2. The summed E-state index contributed by atoms with van der Waals surface area (Å²) >= 11 is 6.06. The number of hydrogen-bond acceptors (Lipinski definition) is 5. The molecular weight excluding hydrogens is 464 g/mol. The molecule has 7 nitrogen and oxygen atoms in total. The minimum Gasteiger partial charge on any atom is -0.497 e. The van der Waals surface area contributed by atoms with Crippen LogP contribution >= 0.6 is 11.6 Å². The molecule has 174 valence electrons. The van der Waals surface area contributed by atoms with Crippen LogP contribution in [0.5, 0.6) is 11.5 Å². The normalized spacial score (nSPS) is 11.0. The fourth-order valence-corrected chi connectivity index (χ4v) is 4.25. The van der Waals surface area contributed by atoms with Gasteiger partial charge in [0.05, 0.1) is 24.3 Å². The highest BCUT2D eigenvalue weighted by molar-refractivity contribution is 7.92. The molecule has 0 aromatic heterocycles. The highest BCUT2D eigenvalue weighted by Gasteiger charge is 2.16. The Kier molecular flexibility index (Phi) is 8.19. The molecule has 9 heteroatoms. The number of anilines is 2. The zero-order chi connectivity index (χ0) is 23.8. The van der Waals surface area contributed by atoms with Crippen molar-refractivity contribution in [1.29, 1.82) is 0 Å². The van der Waals surface area contributed by atoms with Crippen LogP contribution in [0.2, 0.25) is 5.02 Å². The molecule has 0 saturated carbocycles. The van der Waals surface area contributed by atoms with Crippen molar-refractivity contribution in [3.05, 3.63) is 77.3 Å². The summed E-state index contributed by atoms with van der Waals surface area (Å²) in [5.74, 6) is 1.27. The Labute approximate surface area is 198 Å². The van der Waals surface area contributed by atoms with Crippen LogP contribution in [-0.2, 0) is 14.8 Å². The summed E-state index contributed by atoms with van der Waals surface area (Å²) < 4.78 is 38.6. The molecule has 0 bridgehead atoms. The van der Waals surface area contributed by atoms with E-state index in [1.54, 1.807) is 68.6 Å². The van der Waals surface area contributed by atoms with E-state index in [1.807, 2.05) is 0 Å². The zero-order valence-electron chi connectivity index (χ0n) is 18.3. The van der Waals surface area contributed by atoms with Crippen molar-refractivity contribution in [3.63, 3.8) is 0 Å². The second-order valence-corrected chi connectivity index (χ2v) is 9.31. The number of amides is 1. The second-order valence-electron chi connectivity index (χ2n) is 7.22. The molecule has 0 unspecified atom stereocenters. The molecule has 3 rings (SSSR count). The fourth-order valence-electron chi connectivity index (χ4n) is 2.96. The number of rotatable bonds is 10. The molecule has 0 aliphatic heterocycles. The van der Waals surface area contributed by atoms with E-state index in [9.17, 15) is 13.2 Å². The SMILES string of the molecule is COc1ccc(OCCCC(=O)Nc2ccc(S(=O)(=O)Nc3cccc(Cl)c3C)cc2)cc1. The van der Waals surface area contributed by atoms with Crippen LogP contribution in [0.1, 0.15) is 18.4 Å². The Hall–Kier alpha value is -3.23. The van der Waals surface area contributed by atoms with E-state index in [0.717, 1.165) is 5.75 Å². The van der Waals surface area contributed by atoms with Crippen molar-refractivity contribution in [2.45, 2.75) is 24.7 Å². The van der Waals surface area contributed by atoms with E-state index >= 15 is 0 Å². The summed E-state index contributed by atoms with van der Waals surface area (Å²) in [6.07, 6.45) is 0.805. The first-order valence-electron chi connectivity index (χ1n) is 10.2. The van der Waals surface area contributed by atoms with Crippen LogP contribution in [0.25, 0.3) is 0 Å². The van der Waals surface area contributed by atoms with Gasteiger partial charge < -0.3 is 14.8 Å². The molecular formula is C24H25ClN2O5S. The molecule has 0 radical (unpaired) electrons. The molecule has 0 heterocycles. The lowest BCUT2D eigenvalue weighted by Crippen LogP contribution is -2.15. The average molecular weight is 489 g/mol. The standard InChI is InChI=1S/C24H25ClN2O5S/c1-17-22(25)5-3-6-23(17)27-33(29,30)21-14-8-18(9-15-21)26-24(28)7-4-16-32-20-12-10-19(31-2)11-13-20/h3,5-6,8-15,27H,4,7,16H2,1-2H3,(H,26,28). The van der Waals surface area contributed by atoms with Crippen molar-refractivity contribution >= 4 is 38.9 Å². The van der Waals surface area contributed by atoms with Gasteiger partial charge in [0, 0.05) is 17.1 Å². The lowest BCUT2D eigenvalue weighted by atomic mass is 10.2. The fraction of sp³-hybridized carbons (Fsp3) is 0.208. The van der Waals surface area contributed by atoms with Gasteiger partial charge in [0.15, 0.2) is 0 Å². The van der Waals surface area contributed by atoms with Gasteiger partial charge in [-0.05, 0) is 79.6 Å². The third-order valence-corrected chi connectivity index (χ3v) is 6.63. The quantitative estimate of drug-likeness (QED) is 0.380. The Bertz CT molecular complexity index is 1200. The van der Waals surface area contributed by atoms with E-state index in [2.05, 4.69) is 10.0 Å².